The molecule has 1 aliphatic rings. The van der Waals surface area contributed by atoms with Crippen LogP contribution >= 0.6 is 0 Å². The van der Waals surface area contributed by atoms with E-state index in [9.17, 15) is 4.79 Å². The fourth-order valence-corrected chi connectivity index (χ4v) is 2.37. The lowest BCUT2D eigenvalue weighted by Crippen LogP contribution is -2.47. The van der Waals surface area contributed by atoms with E-state index in [4.69, 9.17) is 4.52 Å². The predicted molar refractivity (Wildman–Crippen MR) is 70.5 cm³/mol. The summed E-state index contributed by atoms with van der Waals surface area (Å²) in [6.45, 7) is 2.54. The lowest BCUT2D eigenvalue weighted by molar-refractivity contribution is -0.123. The minimum absolute atomic E-state index is 0.0810. The lowest BCUT2D eigenvalue weighted by Gasteiger charge is -2.24. The quantitative estimate of drug-likeness (QED) is 0.804. The second-order valence-corrected chi connectivity index (χ2v) is 5.10. The minimum atomic E-state index is -0.190. The average Bonchev–Trinajstić information content (AvgIpc) is 2.93. The molecule has 2 rings (SSSR count). The molecule has 1 fully saturated rings. The van der Waals surface area contributed by atoms with Gasteiger partial charge in [-0.1, -0.05) is 24.4 Å². The molecule has 1 atom stereocenters. The Labute approximate surface area is 113 Å². The molecule has 0 bridgehead atoms. The number of hydrogen-bond donors (Lipinski definition) is 2. The highest BCUT2D eigenvalue weighted by Gasteiger charge is 2.19. The van der Waals surface area contributed by atoms with E-state index in [0.29, 0.717) is 24.9 Å². The summed E-state index contributed by atoms with van der Waals surface area (Å²) in [5.74, 6) is 0.671. The van der Waals surface area contributed by atoms with Crippen LogP contribution in [0.4, 0.5) is 0 Å². The van der Waals surface area contributed by atoms with E-state index >= 15 is 0 Å². The Hall–Kier alpha value is -1.43. The summed E-state index contributed by atoms with van der Waals surface area (Å²) in [6.07, 6.45) is 7.99. The number of carbonyl (C=O) groups is 1. The lowest BCUT2D eigenvalue weighted by atomic mass is 9.95. The van der Waals surface area contributed by atoms with Gasteiger partial charge in [0, 0.05) is 19.0 Å². The molecule has 0 saturated heterocycles. The van der Waals surface area contributed by atoms with E-state index in [1.54, 1.807) is 0 Å². The standard InChI is InChI=1S/C13H22N4O2/c1-10(14-8-7-12-15-9-16-19-12)13(18)17-11-5-3-2-4-6-11/h9-11,14H,2-8H2,1H3,(H,17,18). The summed E-state index contributed by atoms with van der Waals surface area (Å²) >= 11 is 0. The summed E-state index contributed by atoms with van der Waals surface area (Å²) in [6, 6.07) is 0.172. The molecule has 19 heavy (non-hydrogen) atoms. The largest absolute Gasteiger partial charge is 0.352 e. The number of carbonyl (C=O) groups excluding carboxylic acids is 1. The van der Waals surface area contributed by atoms with Crippen LogP contribution in [0.1, 0.15) is 44.9 Å². The number of aromatic nitrogens is 2. The minimum Gasteiger partial charge on any atom is -0.352 e. The van der Waals surface area contributed by atoms with Crippen molar-refractivity contribution >= 4 is 5.91 Å². The molecule has 0 radical (unpaired) electrons. The van der Waals surface area contributed by atoms with Crippen molar-refractivity contribution in [3.8, 4) is 0 Å². The van der Waals surface area contributed by atoms with Gasteiger partial charge in [-0.05, 0) is 19.8 Å². The molecule has 1 aromatic rings. The van der Waals surface area contributed by atoms with Gasteiger partial charge in [-0.15, -0.1) is 0 Å². The summed E-state index contributed by atoms with van der Waals surface area (Å²) in [5.41, 5.74) is 0. The second kappa shape index (κ2) is 7.23. The smallest absolute Gasteiger partial charge is 0.237 e. The predicted octanol–water partition coefficient (Wildman–Crippen LogP) is 1.04. The third-order valence-corrected chi connectivity index (χ3v) is 3.54. The second-order valence-electron chi connectivity index (χ2n) is 5.10. The van der Waals surface area contributed by atoms with Crippen molar-refractivity contribution < 1.29 is 9.32 Å². The zero-order valence-electron chi connectivity index (χ0n) is 11.4. The van der Waals surface area contributed by atoms with E-state index in [1.165, 1.54) is 25.6 Å². The number of rotatable bonds is 6. The summed E-state index contributed by atoms with van der Waals surface area (Å²) in [7, 11) is 0. The van der Waals surface area contributed by atoms with Gasteiger partial charge in [-0.25, -0.2) is 0 Å². The normalized spacial score (nSPS) is 18.2. The summed E-state index contributed by atoms with van der Waals surface area (Å²) in [5, 5.41) is 9.82. The van der Waals surface area contributed by atoms with E-state index in [0.717, 1.165) is 12.8 Å². The van der Waals surface area contributed by atoms with Crippen molar-refractivity contribution in [2.75, 3.05) is 6.54 Å². The van der Waals surface area contributed by atoms with Crippen molar-refractivity contribution in [1.29, 1.82) is 0 Å². The van der Waals surface area contributed by atoms with Crippen molar-refractivity contribution in [3.05, 3.63) is 12.2 Å². The molecule has 1 saturated carbocycles. The van der Waals surface area contributed by atoms with Crippen LogP contribution in [-0.4, -0.2) is 34.7 Å². The fourth-order valence-electron chi connectivity index (χ4n) is 2.37. The molecule has 6 nitrogen and oxygen atoms in total. The first kappa shape index (κ1) is 14.0. The molecule has 0 aromatic carbocycles. The topological polar surface area (TPSA) is 80.1 Å². The highest BCUT2D eigenvalue weighted by molar-refractivity contribution is 5.81. The zero-order valence-corrected chi connectivity index (χ0v) is 11.4. The van der Waals surface area contributed by atoms with E-state index in [-0.39, 0.29) is 11.9 Å². The van der Waals surface area contributed by atoms with Gasteiger partial charge in [0.05, 0.1) is 6.04 Å². The van der Waals surface area contributed by atoms with Gasteiger partial charge in [-0.2, -0.15) is 4.98 Å². The maximum absolute atomic E-state index is 12.0. The van der Waals surface area contributed by atoms with Gasteiger partial charge in [-0.3, -0.25) is 4.79 Å². The molecule has 1 amide bonds. The Morgan fingerprint density at radius 3 is 2.95 bits per heavy atom. The van der Waals surface area contributed by atoms with Crippen LogP contribution in [0.3, 0.4) is 0 Å². The Morgan fingerprint density at radius 2 is 2.26 bits per heavy atom. The van der Waals surface area contributed by atoms with Crippen LogP contribution < -0.4 is 10.6 Å². The van der Waals surface area contributed by atoms with Gasteiger partial charge in [0.1, 0.15) is 0 Å². The molecule has 0 aliphatic heterocycles. The van der Waals surface area contributed by atoms with Gasteiger partial charge >= 0.3 is 0 Å². The molecule has 1 unspecified atom stereocenters. The number of nitrogens with zero attached hydrogens (tertiary/aromatic N) is 2. The SMILES string of the molecule is CC(NCCc1ncno1)C(=O)NC1CCCCC1. The highest BCUT2D eigenvalue weighted by atomic mass is 16.5. The average molecular weight is 266 g/mol. The van der Waals surface area contributed by atoms with E-state index < -0.39 is 0 Å². The Morgan fingerprint density at radius 1 is 1.47 bits per heavy atom. The molecule has 0 spiro atoms. The van der Waals surface area contributed by atoms with E-state index in [1.807, 2.05) is 6.92 Å². The number of hydrogen-bond acceptors (Lipinski definition) is 5. The Bertz CT molecular complexity index is 374. The molecule has 2 N–H and O–H groups in total. The van der Waals surface area contributed by atoms with Gasteiger partial charge in [0.15, 0.2) is 6.33 Å². The summed E-state index contributed by atoms with van der Waals surface area (Å²) < 4.78 is 4.90. The van der Waals surface area contributed by atoms with Crippen LogP contribution in [0.25, 0.3) is 0 Å². The maximum Gasteiger partial charge on any atom is 0.237 e. The molecular weight excluding hydrogens is 244 g/mol. The third kappa shape index (κ3) is 4.63. The van der Waals surface area contributed by atoms with Gasteiger partial charge in [0.25, 0.3) is 0 Å². The molecule has 106 valence electrons. The monoisotopic (exact) mass is 266 g/mol. The zero-order chi connectivity index (χ0) is 13.5. The van der Waals surface area contributed by atoms with Crippen molar-refractivity contribution in [2.45, 2.75) is 57.5 Å². The fraction of sp³-hybridized carbons (Fsp3) is 0.769. The Kier molecular flexibility index (Phi) is 5.32. The highest BCUT2D eigenvalue weighted by Crippen LogP contribution is 2.17. The Balaban J connectivity index is 1.64. The maximum atomic E-state index is 12.0. The van der Waals surface area contributed by atoms with Crippen LogP contribution in [0.5, 0.6) is 0 Å². The van der Waals surface area contributed by atoms with Crippen molar-refractivity contribution in [2.24, 2.45) is 0 Å². The molecule has 1 aliphatic carbocycles. The van der Waals surface area contributed by atoms with Crippen molar-refractivity contribution in [3.63, 3.8) is 0 Å². The summed E-state index contributed by atoms with van der Waals surface area (Å²) in [4.78, 5) is 15.9. The molecule has 1 heterocycles. The first-order valence-corrected chi connectivity index (χ1v) is 7.05. The number of amides is 1. The van der Waals surface area contributed by atoms with Gasteiger partial charge < -0.3 is 15.2 Å². The van der Waals surface area contributed by atoms with Crippen LogP contribution in [0.15, 0.2) is 10.9 Å². The molecule has 1 aromatic heterocycles. The van der Waals surface area contributed by atoms with E-state index in [2.05, 4.69) is 20.8 Å². The van der Waals surface area contributed by atoms with Crippen molar-refractivity contribution in [1.82, 2.24) is 20.8 Å². The van der Waals surface area contributed by atoms with Gasteiger partial charge in [0.2, 0.25) is 11.8 Å². The van der Waals surface area contributed by atoms with Crippen LogP contribution in [0.2, 0.25) is 0 Å². The molecular formula is C13H22N4O2. The third-order valence-electron chi connectivity index (χ3n) is 3.54. The number of nitrogens with one attached hydrogen (secondary N) is 2. The molecule has 6 heteroatoms. The van der Waals surface area contributed by atoms with Crippen LogP contribution in [-0.2, 0) is 11.2 Å². The first-order valence-electron chi connectivity index (χ1n) is 7.05. The van der Waals surface area contributed by atoms with Crippen LogP contribution in [0, 0.1) is 0 Å². The first-order chi connectivity index (χ1) is 9.25.